The highest BCUT2D eigenvalue weighted by atomic mass is 35.5. The summed E-state index contributed by atoms with van der Waals surface area (Å²) in [5.74, 6) is 0.388. The molecule has 0 bridgehead atoms. The Bertz CT molecular complexity index is 757. The summed E-state index contributed by atoms with van der Waals surface area (Å²) < 4.78 is 2.20. The topological polar surface area (TPSA) is 22.0 Å². The van der Waals surface area contributed by atoms with Crippen LogP contribution in [0.3, 0.4) is 0 Å². The number of para-hydroxylation sites is 1. The average Bonchev–Trinajstić information content (AvgIpc) is 2.84. The van der Waals surface area contributed by atoms with Crippen LogP contribution in [0.1, 0.15) is 57.8 Å². The van der Waals surface area contributed by atoms with Crippen LogP contribution in [0, 0.1) is 16.7 Å². The third-order valence-electron chi connectivity index (χ3n) is 6.46. The third kappa shape index (κ3) is 2.60. The molecule has 24 heavy (non-hydrogen) atoms. The summed E-state index contributed by atoms with van der Waals surface area (Å²) in [4.78, 5) is 13.2. The van der Waals surface area contributed by atoms with Crippen LogP contribution in [0.25, 0.3) is 10.9 Å². The van der Waals surface area contributed by atoms with Gasteiger partial charge in [-0.15, -0.1) is 11.6 Å². The minimum atomic E-state index is 0.0662. The number of halogens is 1. The van der Waals surface area contributed by atoms with E-state index in [0.29, 0.717) is 0 Å². The van der Waals surface area contributed by atoms with E-state index >= 15 is 0 Å². The van der Waals surface area contributed by atoms with Gasteiger partial charge in [0.25, 0.3) is 0 Å². The molecule has 0 spiro atoms. The van der Waals surface area contributed by atoms with Crippen molar-refractivity contribution in [3.8, 4) is 0 Å². The minimum absolute atomic E-state index is 0.0662. The molecule has 2 aromatic rings. The van der Waals surface area contributed by atoms with Crippen LogP contribution in [0.4, 0.5) is 0 Å². The molecular weight excluding hydrogens is 318 g/mol. The first-order valence-electron chi connectivity index (χ1n) is 8.98. The van der Waals surface area contributed by atoms with Gasteiger partial charge in [0, 0.05) is 40.5 Å². The fourth-order valence-corrected chi connectivity index (χ4v) is 4.22. The van der Waals surface area contributed by atoms with E-state index in [1.54, 1.807) is 0 Å². The predicted molar refractivity (Wildman–Crippen MR) is 102 cm³/mol. The molecule has 0 radical (unpaired) electrons. The van der Waals surface area contributed by atoms with Gasteiger partial charge in [-0.2, -0.15) is 0 Å². The maximum atomic E-state index is 13.2. The average molecular weight is 346 g/mol. The molecule has 1 saturated carbocycles. The molecule has 0 unspecified atom stereocenters. The lowest BCUT2D eigenvalue weighted by molar-refractivity contribution is 0.0946. The van der Waals surface area contributed by atoms with E-state index < -0.39 is 0 Å². The predicted octanol–water partition coefficient (Wildman–Crippen LogP) is 5.91. The summed E-state index contributed by atoms with van der Waals surface area (Å²) in [7, 11) is 0. The maximum absolute atomic E-state index is 13.2. The number of nitrogens with zero attached hydrogens (tertiary/aromatic N) is 1. The SMILES string of the molecule is CC[C@@H](Cl)CCn1cc(C(=O)C2C(C)(C)C2(C)C)c2ccccc21. The van der Waals surface area contributed by atoms with Crippen molar-refractivity contribution in [3.63, 3.8) is 0 Å². The molecular formula is C21H28ClNO. The number of benzene rings is 1. The molecule has 1 aliphatic carbocycles. The summed E-state index contributed by atoms with van der Waals surface area (Å²) >= 11 is 6.29. The van der Waals surface area contributed by atoms with E-state index in [-0.39, 0.29) is 27.9 Å². The number of rotatable bonds is 6. The number of ketones is 1. The van der Waals surface area contributed by atoms with Crippen LogP contribution in [0.5, 0.6) is 0 Å². The standard InChI is InChI=1S/C21H28ClNO/c1-6-14(22)11-12-23-13-16(15-9-7-8-10-17(15)23)18(24)19-20(2,3)21(19,4)5/h7-10,13-14,19H,6,11-12H2,1-5H3/t14-/m1/s1. The quantitative estimate of drug-likeness (QED) is 0.471. The lowest BCUT2D eigenvalue weighted by Crippen LogP contribution is -2.07. The van der Waals surface area contributed by atoms with Gasteiger partial charge in [-0.05, 0) is 29.7 Å². The van der Waals surface area contributed by atoms with Crippen LogP contribution < -0.4 is 0 Å². The number of hydrogen-bond donors (Lipinski definition) is 0. The first-order valence-corrected chi connectivity index (χ1v) is 9.41. The van der Waals surface area contributed by atoms with Gasteiger partial charge in [0.05, 0.1) is 0 Å². The number of carbonyl (C=O) groups excluding carboxylic acids is 1. The zero-order valence-electron chi connectivity index (χ0n) is 15.4. The number of aryl methyl sites for hydroxylation is 1. The normalized spacial score (nSPS) is 20.2. The zero-order valence-corrected chi connectivity index (χ0v) is 16.2. The fourth-order valence-electron chi connectivity index (χ4n) is 4.12. The number of alkyl halides is 1. The molecule has 0 aliphatic heterocycles. The summed E-state index contributed by atoms with van der Waals surface area (Å²) in [6.07, 6.45) is 3.94. The number of aromatic nitrogens is 1. The van der Waals surface area contributed by atoms with Crippen molar-refractivity contribution in [2.75, 3.05) is 0 Å². The molecule has 1 aromatic carbocycles. The molecule has 0 amide bonds. The second-order valence-corrected chi connectivity index (χ2v) is 8.91. The molecule has 1 fully saturated rings. The Balaban J connectivity index is 1.96. The Morgan fingerprint density at radius 1 is 1.21 bits per heavy atom. The molecule has 130 valence electrons. The highest BCUT2D eigenvalue weighted by Crippen LogP contribution is 2.69. The highest BCUT2D eigenvalue weighted by molar-refractivity contribution is 6.20. The van der Waals surface area contributed by atoms with Crippen LogP contribution in [0.15, 0.2) is 30.5 Å². The molecule has 1 aromatic heterocycles. The van der Waals surface area contributed by atoms with Gasteiger partial charge in [-0.1, -0.05) is 52.8 Å². The van der Waals surface area contributed by atoms with Crippen LogP contribution in [-0.4, -0.2) is 15.7 Å². The van der Waals surface area contributed by atoms with Gasteiger partial charge in [0.1, 0.15) is 0 Å². The zero-order chi connectivity index (χ0) is 17.7. The molecule has 0 saturated heterocycles. The van der Waals surface area contributed by atoms with Gasteiger partial charge in [0.2, 0.25) is 0 Å². The van der Waals surface area contributed by atoms with Gasteiger partial charge < -0.3 is 4.57 Å². The van der Waals surface area contributed by atoms with E-state index in [1.807, 2.05) is 12.1 Å². The Hall–Kier alpha value is -1.28. The summed E-state index contributed by atoms with van der Waals surface area (Å²) in [6.45, 7) is 11.8. The Labute approximate surface area is 150 Å². The van der Waals surface area contributed by atoms with Crippen molar-refractivity contribution < 1.29 is 4.79 Å². The Kier molecular flexibility index (Phi) is 4.32. The van der Waals surface area contributed by atoms with E-state index in [0.717, 1.165) is 35.9 Å². The first-order chi connectivity index (χ1) is 11.2. The molecule has 0 N–H and O–H groups in total. The number of hydrogen-bond acceptors (Lipinski definition) is 1. The Morgan fingerprint density at radius 3 is 2.42 bits per heavy atom. The Morgan fingerprint density at radius 2 is 1.83 bits per heavy atom. The van der Waals surface area contributed by atoms with E-state index in [1.165, 1.54) is 0 Å². The van der Waals surface area contributed by atoms with Crippen molar-refractivity contribution in [3.05, 3.63) is 36.0 Å². The fraction of sp³-hybridized carbons (Fsp3) is 0.571. The number of fused-ring (bicyclic) bond motifs is 1. The minimum Gasteiger partial charge on any atom is -0.347 e. The summed E-state index contributed by atoms with van der Waals surface area (Å²) in [6, 6.07) is 8.23. The van der Waals surface area contributed by atoms with E-state index in [9.17, 15) is 4.79 Å². The van der Waals surface area contributed by atoms with Crippen LogP contribution >= 0.6 is 11.6 Å². The van der Waals surface area contributed by atoms with Crippen molar-refractivity contribution in [1.82, 2.24) is 4.57 Å². The first kappa shape index (κ1) is 17.5. The van der Waals surface area contributed by atoms with Gasteiger partial charge in [-0.3, -0.25) is 4.79 Å². The van der Waals surface area contributed by atoms with Crippen molar-refractivity contribution in [2.24, 2.45) is 16.7 Å². The molecule has 2 nitrogen and oxygen atoms in total. The molecule has 1 atom stereocenters. The van der Waals surface area contributed by atoms with Crippen molar-refractivity contribution >= 4 is 28.3 Å². The molecule has 3 rings (SSSR count). The van der Waals surface area contributed by atoms with Crippen LogP contribution in [-0.2, 0) is 6.54 Å². The van der Waals surface area contributed by atoms with Crippen LogP contribution in [0.2, 0.25) is 0 Å². The third-order valence-corrected chi connectivity index (χ3v) is 6.99. The van der Waals surface area contributed by atoms with Gasteiger partial charge in [0.15, 0.2) is 5.78 Å². The van der Waals surface area contributed by atoms with Gasteiger partial charge >= 0.3 is 0 Å². The number of Topliss-reactive ketones (excluding diaryl/α,β-unsaturated/α-hetero) is 1. The second kappa shape index (κ2) is 5.91. The smallest absolute Gasteiger partial charge is 0.169 e. The summed E-state index contributed by atoms with van der Waals surface area (Å²) in [5.41, 5.74) is 2.14. The molecule has 3 heteroatoms. The largest absolute Gasteiger partial charge is 0.347 e. The lowest BCUT2D eigenvalue weighted by atomic mass is 10.0. The summed E-state index contributed by atoms with van der Waals surface area (Å²) in [5, 5.41) is 1.26. The lowest BCUT2D eigenvalue weighted by Gasteiger charge is -2.08. The molecule has 1 heterocycles. The maximum Gasteiger partial charge on any atom is 0.169 e. The van der Waals surface area contributed by atoms with E-state index in [4.69, 9.17) is 11.6 Å². The monoisotopic (exact) mass is 345 g/mol. The van der Waals surface area contributed by atoms with E-state index in [2.05, 4.69) is 57.5 Å². The van der Waals surface area contributed by atoms with Crippen molar-refractivity contribution in [1.29, 1.82) is 0 Å². The van der Waals surface area contributed by atoms with Gasteiger partial charge in [-0.25, -0.2) is 0 Å². The second-order valence-electron chi connectivity index (χ2n) is 8.29. The highest BCUT2D eigenvalue weighted by Gasteiger charge is 2.68. The molecule has 1 aliphatic rings. The van der Waals surface area contributed by atoms with Crippen molar-refractivity contribution in [2.45, 2.75) is 59.4 Å². The number of carbonyl (C=O) groups is 1.